The number of rotatable bonds is 6. The van der Waals surface area contributed by atoms with Gasteiger partial charge in [-0.3, -0.25) is 4.79 Å². The molecule has 1 fully saturated rings. The molecular formula is C18H26F3N3O2. The van der Waals surface area contributed by atoms with Crippen LogP contribution < -0.4 is 10.2 Å². The van der Waals surface area contributed by atoms with Crippen LogP contribution in [0, 0.1) is 5.92 Å². The number of aromatic nitrogens is 1. The first-order valence-electron chi connectivity index (χ1n) is 8.79. The molecule has 1 N–H and O–H groups in total. The van der Waals surface area contributed by atoms with Gasteiger partial charge in [-0.15, -0.1) is 0 Å². The maximum absolute atomic E-state index is 12.6. The number of methoxy groups -OCH3 is 1. The van der Waals surface area contributed by atoms with Crippen molar-refractivity contribution in [2.75, 3.05) is 31.6 Å². The van der Waals surface area contributed by atoms with Gasteiger partial charge in [-0.1, -0.05) is 6.92 Å². The summed E-state index contributed by atoms with van der Waals surface area (Å²) in [6.07, 6.45) is -1.45. The molecule has 1 amide bonds. The fraction of sp³-hybridized carbons (Fsp3) is 0.667. The van der Waals surface area contributed by atoms with Crippen molar-refractivity contribution in [3.63, 3.8) is 0 Å². The van der Waals surface area contributed by atoms with Crippen molar-refractivity contribution in [3.05, 3.63) is 23.9 Å². The van der Waals surface area contributed by atoms with Crippen LogP contribution in [0.5, 0.6) is 0 Å². The number of anilines is 1. The molecule has 26 heavy (non-hydrogen) atoms. The van der Waals surface area contributed by atoms with Crippen molar-refractivity contribution in [2.24, 2.45) is 5.92 Å². The van der Waals surface area contributed by atoms with Gasteiger partial charge in [0, 0.05) is 38.9 Å². The number of hydrogen-bond acceptors (Lipinski definition) is 4. The number of nitrogens with zero attached hydrogens (tertiary/aromatic N) is 2. The van der Waals surface area contributed by atoms with Crippen molar-refractivity contribution in [2.45, 2.75) is 44.9 Å². The van der Waals surface area contributed by atoms with E-state index in [9.17, 15) is 18.0 Å². The largest absolute Gasteiger partial charge is 0.417 e. The minimum Gasteiger partial charge on any atom is -0.377 e. The predicted octanol–water partition coefficient (Wildman–Crippen LogP) is 3.25. The van der Waals surface area contributed by atoms with E-state index in [1.165, 1.54) is 6.07 Å². The number of piperidine rings is 1. The Labute approximate surface area is 151 Å². The number of ether oxygens (including phenoxy) is 1. The summed E-state index contributed by atoms with van der Waals surface area (Å²) in [7, 11) is 1.63. The number of alkyl halides is 3. The summed E-state index contributed by atoms with van der Waals surface area (Å²) in [4.78, 5) is 18.2. The maximum Gasteiger partial charge on any atom is 0.417 e. The average molecular weight is 373 g/mol. The molecule has 2 rings (SSSR count). The van der Waals surface area contributed by atoms with Gasteiger partial charge in [0.25, 0.3) is 0 Å². The van der Waals surface area contributed by atoms with Gasteiger partial charge < -0.3 is 15.0 Å². The zero-order chi connectivity index (χ0) is 19.4. The van der Waals surface area contributed by atoms with Crippen molar-refractivity contribution in [1.82, 2.24) is 10.3 Å². The molecule has 2 heterocycles. The zero-order valence-electron chi connectivity index (χ0n) is 15.4. The van der Waals surface area contributed by atoms with Gasteiger partial charge in [-0.25, -0.2) is 4.98 Å². The third-order valence-corrected chi connectivity index (χ3v) is 5.14. The van der Waals surface area contributed by atoms with Crippen LogP contribution in [-0.4, -0.2) is 43.2 Å². The van der Waals surface area contributed by atoms with Gasteiger partial charge in [0.15, 0.2) is 0 Å². The molecule has 1 aromatic heterocycles. The second-order valence-corrected chi connectivity index (χ2v) is 6.89. The van der Waals surface area contributed by atoms with Gasteiger partial charge in [-0.2, -0.15) is 13.2 Å². The van der Waals surface area contributed by atoms with Gasteiger partial charge in [-0.05, 0) is 38.3 Å². The lowest BCUT2D eigenvalue weighted by Gasteiger charge is -2.33. The standard InChI is InChI=1S/C18H26F3N3O2/c1-4-17(2,26-3)12-23-16(25)13-7-9-24(10-8-13)15-6-5-14(11-22-15)18(19,20)21/h5-6,11,13H,4,7-10,12H2,1-3H3,(H,23,25). The Morgan fingerprint density at radius 2 is 2.00 bits per heavy atom. The van der Waals surface area contributed by atoms with Crippen LogP contribution in [0.4, 0.5) is 19.0 Å². The van der Waals surface area contributed by atoms with Crippen LogP contribution in [0.3, 0.4) is 0 Å². The van der Waals surface area contributed by atoms with Crippen LogP contribution in [0.2, 0.25) is 0 Å². The molecule has 0 saturated carbocycles. The minimum absolute atomic E-state index is 0.00162. The highest BCUT2D eigenvalue weighted by atomic mass is 19.4. The Hall–Kier alpha value is -1.83. The normalized spacial score (nSPS) is 18.5. The maximum atomic E-state index is 12.6. The molecule has 1 aliphatic rings. The van der Waals surface area contributed by atoms with E-state index < -0.39 is 11.7 Å². The Morgan fingerprint density at radius 3 is 2.46 bits per heavy atom. The molecule has 0 bridgehead atoms. The van der Waals surface area contributed by atoms with Gasteiger partial charge in [0.2, 0.25) is 5.91 Å². The lowest BCUT2D eigenvalue weighted by molar-refractivity contribution is -0.137. The van der Waals surface area contributed by atoms with E-state index in [1.54, 1.807) is 7.11 Å². The quantitative estimate of drug-likeness (QED) is 0.832. The van der Waals surface area contributed by atoms with Crippen LogP contribution in [0.15, 0.2) is 18.3 Å². The Morgan fingerprint density at radius 1 is 1.35 bits per heavy atom. The van der Waals surface area contributed by atoms with Crippen molar-refractivity contribution >= 4 is 11.7 Å². The first kappa shape index (κ1) is 20.5. The van der Waals surface area contributed by atoms with Crippen molar-refractivity contribution < 1.29 is 22.7 Å². The summed E-state index contributed by atoms with van der Waals surface area (Å²) in [5.41, 5.74) is -1.13. The smallest absolute Gasteiger partial charge is 0.377 e. The molecule has 1 saturated heterocycles. The van der Waals surface area contributed by atoms with E-state index in [-0.39, 0.29) is 17.4 Å². The molecule has 8 heteroatoms. The molecule has 5 nitrogen and oxygen atoms in total. The average Bonchev–Trinajstić information content (AvgIpc) is 2.65. The molecule has 1 aliphatic heterocycles. The number of pyridine rings is 1. The van der Waals surface area contributed by atoms with Crippen LogP contribution in [-0.2, 0) is 15.7 Å². The molecule has 0 aromatic carbocycles. The van der Waals surface area contributed by atoms with E-state index in [0.717, 1.165) is 18.7 Å². The first-order valence-corrected chi connectivity index (χ1v) is 8.79. The molecule has 1 atom stereocenters. The second kappa shape index (κ2) is 8.24. The van der Waals surface area contributed by atoms with Crippen LogP contribution >= 0.6 is 0 Å². The minimum atomic E-state index is -4.38. The highest BCUT2D eigenvalue weighted by Crippen LogP contribution is 2.30. The summed E-state index contributed by atoms with van der Waals surface area (Å²) in [5, 5.41) is 2.95. The van der Waals surface area contributed by atoms with E-state index in [4.69, 9.17) is 4.74 Å². The van der Waals surface area contributed by atoms with Crippen LogP contribution in [0.25, 0.3) is 0 Å². The highest BCUT2D eigenvalue weighted by Gasteiger charge is 2.32. The Balaban J connectivity index is 1.86. The van der Waals surface area contributed by atoms with Gasteiger partial charge in [0.05, 0.1) is 11.2 Å². The Bertz CT molecular complexity index is 593. The molecule has 1 aromatic rings. The summed E-state index contributed by atoms with van der Waals surface area (Å²) >= 11 is 0. The zero-order valence-corrected chi connectivity index (χ0v) is 15.4. The van der Waals surface area contributed by atoms with E-state index in [0.29, 0.717) is 38.3 Å². The number of amides is 1. The van der Waals surface area contributed by atoms with E-state index >= 15 is 0 Å². The van der Waals surface area contributed by atoms with Gasteiger partial charge >= 0.3 is 6.18 Å². The lowest BCUT2D eigenvalue weighted by atomic mass is 9.95. The number of carbonyl (C=O) groups excluding carboxylic acids is 1. The summed E-state index contributed by atoms with van der Waals surface area (Å²) < 4.78 is 43.2. The van der Waals surface area contributed by atoms with Crippen molar-refractivity contribution in [1.29, 1.82) is 0 Å². The molecule has 0 radical (unpaired) electrons. The van der Waals surface area contributed by atoms with E-state index in [2.05, 4.69) is 10.3 Å². The number of hydrogen-bond donors (Lipinski definition) is 1. The predicted molar refractivity (Wildman–Crippen MR) is 92.9 cm³/mol. The number of halogens is 3. The molecule has 0 spiro atoms. The third-order valence-electron chi connectivity index (χ3n) is 5.14. The summed E-state index contributed by atoms with van der Waals surface area (Å²) in [5.74, 6) is 0.412. The highest BCUT2D eigenvalue weighted by molar-refractivity contribution is 5.79. The number of nitrogens with one attached hydrogen (secondary N) is 1. The Kier molecular flexibility index (Phi) is 6.49. The van der Waals surface area contributed by atoms with Crippen molar-refractivity contribution in [3.8, 4) is 0 Å². The topological polar surface area (TPSA) is 54.5 Å². The fourth-order valence-electron chi connectivity index (χ4n) is 2.87. The molecule has 0 aliphatic carbocycles. The van der Waals surface area contributed by atoms with Gasteiger partial charge in [0.1, 0.15) is 5.82 Å². The lowest BCUT2D eigenvalue weighted by Crippen LogP contribution is -2.46. The number of carbonyl (C=O) groups is 1. The summed E-state index contributed by atoms with van der Waals surface area (Å²) in [6.45, 7) is 5.59. The van der Waals surface area contributed by atoms with E-state index in [1.807, 2.05) is 18.7 Å². The fourth-order valence-corrected chi connectivity index (χ4v) is 2.87. The third kappa shape index (κ3) is 5.09. The first-order chi connectivity index (χ1) is 12.2. The van der Waals surface area contributed by atoms with Crippen LogP contribution in [0.1, 0.15) is 38.7 Å². The monoisotopic (exact) mass is 373 g/mol. The second-order valence-electron chi connectivity index (χ2n) is 6.89. The molecule has 146 valence electrons. The summed E-state index contributed by atoms with van der Waals surface area (Å²) in [6, 6.07) is 2.42. The molecule has 1 unspecified atom stereocenters. The SMILES string of the molecule is CCC(C)(CNC(=O)C1CCN(c2ccc(C(F)(F)F)cn2)CC1)OC. The molecular weight excluding hydrogens is 347 g/mol.